The van der Waals surface area contributed by atoms with E-state index >= 15 is 0 Å². The van der Waals surface area contributed by atoms with Gasteiger partial charge in [-0.2, -0.15) is 0 Å². The van der Waals surface area contributed by atoms with Crippen LogP contribution in [0.4, 0.5) is 0 Å². The SMILES string of the molecule is CCCCCC/C=C\C/C=C\CCCCCCCC(=O)OCCCCCCCCCCC/C=C\C/C=C\CCCCCCCCCCCC(=O)NC(CO)C(O)CCCCCCCCCCCCCCCCCCCCCCCCCC. The second-order valence-electron chi connectivity index (χ2n) is 25.3. The van der Waals surface area contributed by atoms with Crippen molar-refractivity contribution in [3.05, 3.63) is 48.6 Å². The topological polar surface area (TPSA) is 95.9 Å². The number of carbonyl (C=O) groups excluding carboxylic acids is 2. The van der Waals surface area contributed by atoms with E-state index < -0.39 is 12.1 Å². The van der Waals surface area contributed by atoms with Crippen LogP contribution >= 0.6 is 0 Å². The number of amides is 1. The van der Waals surface area contributed by atoms with E-state index in [1.807, 2.05) is 0 Å². The Labute approximate surface area is 512 Å². The van der Waals surface area contributed by atoms with Crippen molar-refractivity contribution in [3.8, 4) is 0 Å². The lowest BCUT2D eigenvalue weighted by molar-refractivity contribution is -0.143. The monoisotopic (exact) mass is 1150 g/mol. The van der Waals surface area contributed by atoms with Gasteiger partial charge in [0.05, 0.1) is 25.4 Å². The number of esters is 1. The van der Waals surface area contributed by atoms with Gasteiger partial charge in [0.2, 0.25) is 5.91 Å². The number of allylic oxidation sites excluding steroid dienone is 8. The fourth-order valence-corrected chi connectivity index (χ4v) is 11.5. The first kappa shape index (κ1) is 79.8. The molecule has 0 aliphatic rings. The highest BCUT2D eigenvalue weighted by Gasteiger charge is 2.20. The summed E-state index contributed by atoms with van der Waals surface area (Å²) in [4.78, 5) is 24.6. The molecule has 0 aromatic rings. The largest absolute Gasteiger partial charge is 0.466 e. The number of hydrogen-bond acceptors (Lipinski definition) is 5. The molecule has 0 aromatic heterocycles. The highest BCUT2D eigenvalue weighted by atomic mass is 16.5. The number of aliphatic hydroxyl groups excluding tert-OH is 2. The Balaban J connectivity index is 3.44. The van der Waals surface area contributed by atoms with E-state index in [0.717, 1.165) is 57.8 Å². The van der Waals surface area contributed by atoms with Gasteiger partial charge in [-0.3, -0.25) is 9.59 Å². The minimum atomic E-state index is -0.671. The highest BCUT2D eigenvalue weighted by molar-refractivity contribution is 5.76. The van der Waals surface area contributed by atoms with Gasteiger partial charge >= 0.3 is 5.97 Å². The third kappa shape index (κ3) is 67.0. The van der Waals surface area contributed by atoms with Crippen LogP contribution < -0.4 is 5.32 Å². The minimum Gasteiger partial charge on any atom is -0.466 e. The molecular weight excluding hydrogens is 1010 g/mol. The number of carbonyl (C=O) groups is 2. The van der Waals surface area contributed by atoms with Crippen molar-refractivity contribution >= 4 is 11.9 Å². The maximum atomic E-state index is 12.6. The van der Waals surface area contributed by atoms with Crippen molar-refractivity contribution in [2.24, 2.45) is 0 Å². The van der Waals surface area contributed by atoms with Gasteiger partial charge in [-0.15, -0.1) is 0 Å². The molecule has 0 aromatic carbocycles. The Kier molecular flexibility index (Phi) is 69.4. The number of rotatable bonds is 69. The lowest BCUT2D eigenvalue weighted by atomic mass is 10.0. The minimum absolute atomic E-state index is 0.00402. The van der Waals surface area contributed by atoms with E-state index in [2.05, 4.69) is 67.8 Å². The summed E-state index contributed by atoms with van der Waals surface area (Å²) < 4.78 is 5.48. The molecule has 3 N–H and O–H groups in total. The number of aliphatic hydroxyl groups is 2. The first-order chi connectivity index (χ1) is 40.5. The normalized spacial score (nSPS) is 12.8. The number of hydrogen-bond donors (Lipinski definition) is 3. The van der Waals surface area contributed by atoms with Crippen LogP contribution in [0, 0.1) is 0 Å². The Bertz CT molecular complexity index is 1370. The summed E-state index contributed by atoms with van der Waals surface area (Å²) in [5.74, 6) is -0.0413. The molecule has 0 radical (unpaired) electrons. The zero-order chi connectivity index (χ0) is 59.2. The lowest BCUT2D eigenvalue weighted by Crippen LogP contribution is -2.45. The molecule has 0 saturated carbocycles. The molecule has 2 atom stereocenters. The van der Waals surface area contributed by atoms with Crippen LogP contribution in [-0.2, 0) is 14.3 Å². The van der Waals surface area contributed by atoms with E-state index in [1.165, 1.54) is 308 Å². The molecule has 0 aliphatic carbocycles. The van der Waals surface area contributed by atoms with Crippen LogP contribution in [0.1, 0.15) is 399 Å². The molecule has 0 aliphatic heterocycles. The van der Waals surface area contributed by atoms with E-state index in [9.17, 15) is 19.8 Å². The smallest absolute Gasteiger partial charge is 0.305 e. The Morgan fingerprint density at radius 3 is 0.939 bits per heavy atom. The summed E-state index contributed by atoms with van der Waals surface area (Å²) >= 11 is 0. The second kappa shape index (κ2) is 71.3. The molecule has 2 unspecified atom stereocenters. The molecule has 6 heteroatoms. The second-order valence-corrected chi connectivity index (χ2v) is 25.3. The molecular formula is C76H143NO5. The van der Waals surface area contributed by atoms with Crippen molar-refractivity contribution in [1.82, 2.24) is 5.32 Å². The molecule has 0 saturated heterocycles. The van der Waals surface area contributed by atoms with Gasteiger partial charge in [-0.1, -0.05) is 345 Å². The quantitative estimate of drug-likeness (QED) is 0.0320. The van der Waals surface area contributed by atoms with E-state index in [1.54, 1.807) is 0 Å². The number of unbranched alkanes of at least 4 members (excludes halogenated alkanes) is 50. The molecule has 6 nitrogen and oxygen atoms in total. The molecule has 0 spiro atoms. The summed E-state index contributed by atoms with van der Waals surface area (Å²) in [5.41, 5.74) is 0. The van der Waals surface area contributed by atoms with Gasteiger partial charge in [0.15, 0.2) is 0 Å². The predicted octanol–water partition coefficient (Wildman–Crippen LogP) is 24.0. The maximum absolute atomic E-state index is 12.6. The average Bonchev–Trinajstić information content (AvgIpc) is 3.48. The average molecular weight is 1150 g/mol. The highest BCUT2D eigenvalue weighted by Crippen LogP contribution is 2.19. The fourth-order valence-electron chi connectivity index (χ4n) is 11.5. The number of ether oxygens (including phenoxy) is 1. The van der Waals surface area contributed by atoms with Crippen molar-refractivity contribution in [1.29, 1.82) is 0 Å². The number of nitrogens with one attached hydrogen (secondary N) is 1. The Morgan fingerprint density at radius 1 is 0.341 bits per heavy atom. The summed E-state index contributed by atoms with van der Waals surface area (Å²) in [6, 6.07) is -0.549. The first-order valence-corrected chi connectivity index (χ1v) is 36.9. The van der Waals surface area contributed by atoms with Crippen molar-refractivity contribution in [3.63, 3.8) is 0 Å². The molecule has 1 amide bonds. The van der Waals surface area contributed by atoms with Gasteiger partial charge in [-0.05, 0) is 89.9 Å². The molecule has 82 heavy (non-hydrogen) atoms. The third-order valence-electron chi connectivity index (χ3n) is 17.1. The van der Waals surface area contributed by atoms with E-state index in [-0.39, 0.29) is 18.5 Å². The zero-order valence-corrected chi connectivity index (χ0v) is 55.2. The summed E-state index contributed by atoms with van der Waals surface area (Å²) in [5, 5.41) is 23.4. The van der Waals surface area contributed by atoms with Gasteiger partial charge in [0, 0.05) is 12.8 Å². The zero-order valence-electron chi connectivity index (χ0n) is 55.2. The lowest BCUT2D eigenvalue weighted by Gasteiger charge is -2.22. The van der Waals surface area contributed by atoms with Crippen LogP contribution in [0.5, 0.6) is 0 Å². The summed E-state index contributed by atoms with van der Waals surface area (Å²) in [6.07, 6.45) is 93.1. The van der Waals surface area contributed by atoms with Crippen LogP contribution in [0.15, 0.2) is 48.6 Å². The van der Waals surface area contributed by atoms with Crippen LogP contribution in [0.2, 0.25) is 0 Å². The van der Waals surface area contributed by atoms with Crippen LogP contribution in [-0.4, -0.2) is 47.4 Å². The van der Waals surface area contributed by atoms with Gasteiger partial charge in [-0.25, -0.2) is 0 Å². The Hall–Kier alpha value is -2.18. The molecule has 0 heterocycles. The van der Waals surface area contributed by atoms with Crippen molar-refractivity contribution < 1.29 is 24.5 Å². The summed E-state index contributed by atoms with van der Waals surface area (Å²) in [6.45, 7) is 4.96. The standard InChI is InChI=1S/C76H143NO5/c1-3-5-7-9-11-13-15-17-19-21-22-23-24-28-31-34-37-40-44-48-52-56-60-64-68-74(79)73(72-78)77-75(80)69-65-61-57-53-49-45-41-38-35-32-29-26-25-27-30-33-36-39-43-47-51-55-59-63-67-71-82-76(81)70-66-62-58-54-50-46-42-20-18-16-14-12-10-8-6-4-2/h14,16,20,26-27,29-30,42,73-74,78-79H,3-13,15,17-19,21-25,28,31-41,43-72H2,1-2H3,(H,77,80)/b16-14-,29-26-,30-27-,42-20-. The maximum Gasteiger partial charge on any atom is 0.305 e. The Morgan fingerprint density at radius 2 is 0.610 bits per heavy atom. The van der Waals surface area contributed by atoms with E-state index in [4.69, 9.17) is 4.74 Å². The van der Waals surface area contributed by atoms with Crippen molar-refractivity contribution in [2.75, 3.05) is 13.2 Å². The molecule has 0 bridgehead atoms. The first-order valence-electron chi connectivity index (χ1n) is 36.9. The summed E-state index contributed by atoms with van der Waals surface area (Å²) in [7, 11) is 0. The van der Waals surface area contributed by atoms with Gasteiger partial charge < -0.3 is 20.3 Å². The van der Waals surface area contributed by atoms with E-state index in [0.29, 0.717) is 25.9 Å². The predicted molar refractivity (Wildman–Crippen MR) is 361 cm³/mol. The third-order valence-corrected chi connectivity index (χ3v) is 17.1. The van der Waals surface area contributed by atoms with Gasteiger partial charge in [0.1, 0.15) is 0 Å². The molecule has 482 valence electrons. The van der Waals surface area contributed by atoms with Crippen LogP contribution in [0.25, 0.3) is 0 Å². The van der Waals surface area contributed by atoms with Crippen LogP contribution in [0.3, 0.4) is 0 Å². The fraction of sp³-hybridized carbons (Fsp3) is 0.868. The van der Waals surface area contributed by atoms with Gasteiger partial charge in [0.25, 0.3) is 0 Å². The van der Waals surface area contributed by atoms with Crippen molar-refractivity contribution in [2.45, 2.75) is 411 Å². The molecule has 0 fully saturated rings. The molecule has 0 rings (SSSR count).